The van der Waals surface area contributed by atoms with Crippen LogP contribution in [0.5, 0.6) is 0 Å². The number of ether oxygens (including phenoxy) is 2. The van der Waals surface area contributed by atoms with Crippen LogP contribution in [0.15, 0.2) is 12.1 Å². The van der Waals surface area contributed by atoms with Crippen LogP contribution >= 0.6 is 0 Å². The maximum atomic E-state index is 13.1. The Labute approximate surface area is 141 Å². The molecule has 0 unspecified atom stereocenters. The molecule has 0 aliphatic carbocycles. The molecule has 1 aliphatic rings. The molecule has 3 heterocycles. The van der Waals surface area contributed by atoms with Gasteiger partial charge < -0.3 is 14.8 Å². The first-order valence-electron chi connectivity index (χ1n) is 7.74. The lowest BCUT2D eigenvalue weighted by Crippen LogP contribution is -2.43. The zero-order valence-corrected chi connectivity index (χ0v) is 13.6. The summed E-state index contributed by atoms with van der Waals surface area (Å²) >= 11 is 0. The molecule has 136 valence electrons. The van der Waals surface area contributed by atoms with E-state index in [4.69, 9.17) is 9.47 Å². The lowest BCUT2D eigenvalue weighted by molar-refractivity contribution is -0.142. The highest BCUT2D eigenvalue weighted by atomic mass is 19.4. The van der Waals surface area contributed by atoms with Crippen LogP contribution in [-0.2, 0) is 15.7 Å². The topological polar surface area (TPSA) is 77.8 Å². The maximum Gasteiger partial charge on any atom is 0.433 e. The van der Waals surface area contributed by atoms with Gasteiger partial charge >= 0.3 is 6.18 Å². The Hall–Kier alpha value is -2.20. The summed E-state index contributed by atoms with van der Waals surface area (Å²) in [6, 6.07) is 1.73. The fourth-order valence-corrected chi connectivity index (χ4v) is 2.70. The standard InChI is InChI=1S/C15H17F3N4O3/c1-3-25-11-7-24-6-10(11)20-14(23)9-5-13-19-8(2)4-12(15(16,17)18)22(13)21-9/h4-5,10-11H,3,6-7H2,1-2H3,(H,20,23)/t10-,11-/m0/s1. The fraction of sp³-hybridized carbons (Fsp3) is 0.533. The van der Waals surface area contributed by atoms with E-state index in [9.17, 15) is 18.0 Å². The van der Waals surface area contributed by atoms with Crippen LogP contribution in [0.2, 0.25) is 0 Å². The largest absolute Gasteiger partial charge is 0.433 e. The molecule has 3 rings (SSSR count). The first kappa shape index (κ1) is 17.6. The minimum absolute atomic E-state index is 0.0403. The fourth-order valence-electron chi connectivity index (χ4n) is 2.70. The van der Waals surface area contributed by atoms with Gasteiger partial charge in [0.2, 0.25) is 0 Å². The molecule has 1 saturated heterocycles. The SMILES string of the molecule is CCO[C@H]1COC[C@@H]1NC(=O)c1cc2nc(C)cc(C(F)(F)F)n2n1. The maximum absolute atomic E-state index is 13.1. The number of alkyl halides is 3. The number of nitrogens with one attached hydrogen (secondary N) is 1. The zero-order chi connectivity index (χ0) is 18.2. The first-order valence-corrected chi connectivity index (χ1v) is 7.74. The van der Waals surface area contributed by atoms with Gasteiger partial charge in [0.05, 0.1) is 19.3 Å². The number of aryl methyl sites for hydroxylation is 1. The zero-order valence-electron chi connectivity index (χ0n) is 13.6. The van der Waals surface area contributed by atoms with Gasteiger partial charge in [-0.2, -0.15) is 18.3 Å². The van der Waals surface area contributed by atoms with Crippen molar-refractivity contribution in [3.8, 4) is 0 Å². The van der Waals surface area contributed by atoms with Crippen molar-refractivity contribution < 1.29 is 27.4 Å². The molecule has 0 spiro atoms. The van der Waals surface area contributed by atoms with Crippen molar-refractivity contribution in [2.24, 2.45) is 0 Å². The van der Waals surface area contributed by atoms with Crippen molar-refractivity contribution in [2.75, 3.05) is 19.8 Å². The van der Waals surface area contributed by atoms with Gasteiger partial charge in [0.15, 0.2) is 11.3 Å². The Bertz CT molecular complexity index is 790. The molecule has 1 fully saturated rings. The van der Waals surface area contributed by atoms with E-state index in [0.717, 1.165) is 6.07 Å². The predicted octanol–water partition coefficient (Wildman–Crippen LogP) is 1.59. The normalized spacial score (nSPS) is 21.0. The Balaban J connectivity index is 1.88. The Morgan fingerprint density at radius 1 is 1.44 bits per heavy atom. The van der Waals surface area contributed by atoms with Gasteiger partial charge in [-0.15, -0.1) is 0 Å². The molecular weight excluding hydrogens is 341 g/mol. The molecule has 0 saturated carbocycles. The highest BCUT2D eigenvalue weighted by molar-refractivity contribution is 5.93. The van der Waals surface area contributed by atoms with E-state index < -0.39 is 17.8 Å². The second-order valence-electron chi connectivity index (χ2n) is 5.69. The molecule has 0 bridgehead atoms. The molecule has 0 aromatic carbocycles. The van der Waals surface area contributed by atoms with Crippen LogP contribution in [0.4, 0.5) is 13.2 Å². The van der Waals surface area contributed by atoms with Gasteiger partial charge in [-0.1, -0.05) is 0 Å². The summed E-state index contributed by atoms with van der Waals surface area (Å²) in [6.07, 6.45) is -4.90. The Morgan fingerprint density at radius 2 is 2.20 bits per heavy atom. The summed E-state index contributed by atoms with van der Waals surface area (Å²) in [5, 5.41) is 6.46. The summed E-state index contributed by atoms with van der Waals surface area (Å²) in [5.41, 5.74) is -0.981. The lowest BCUT2D eigenvalue weighted by Gasteiger charge is -2.18. The minimum Gasteiger partial charge on any atom is -0.376 e. The number of carbonyl (C=O) groups excluding carboxylic acids is 1. The van der Waals surface area contributed by atoms with E-state index in [2.05, 4.69) is 15.4 Å². The number of halogens is 3. The van der Waals surface area contributed by atoms with E-state index >= 15 is 0 Å². The van der Waals surface area contributed by atoms with Crippen LogP contribution in [0.3, 0.4) is 0 Å². The van der Waals surface area contributed by atoms with Crippen LogP contribution < -0.4 is 5.32 Å². The monoisotopic (exact) mass is 358 g/mol. The molecule has 1 N–H and O–H groups in total. The second-order valence-corrected chi connectivity index (χ2v) is 5.69. The summed E-state index contributed by atoms with van der Waals surface area (Å²) in [6.45, 7) is 4.36. The van der Waals surface area contributed by atoms with E-state index in [1.807, 2.05) is 6.92 Å². The molecule has 10 heteroatoms. The van der Waals surface area contributed by atoms with E-state index in [1.165, 1.54) is 13.0 Å². The Morgan fingerprint density at radius 3 is 2.88 bits per heavy atom. The van der Waals surface area contributed by atoms with Crippen LogP contribution in [-0.4, -0.2) is 52.5 Å². The third kappa shape index (κ3) is 3.59. The molecule has 2 atom stereocenters. The Kier molecular flexibility index (Phi) is 4.65. The van der Waals surface area contributed by atoms with E-state index in [0.29, 0.717) is 17.7 Å². The highest BCUT2D eigenvalue weighted by Crippen LogP contribution is 2.29. The molecule has 2 aromatic heterocycles. The predicted molar refractivity (Wildman–Crippen MR) is 80.2 cm³/mol. The van der Waals surface area contributed by atoms with Gasteiger partial charge in [-0.25, -0.2) is 9.50 Å². The number of rotatable bonds is 4. The minimum atomic E-state index is -4.61. The van der Waals surface area contributed by atoms with Crippen LogP contribution in [0.25, 0.3) is 5.65 Å². The average Bonchev–Trinajstić information content (AvgIpc) is 3.12. The van der Waals surface area contributed by atoms with Gasteiger partial charge in [-0.3, -0.25) is 4.79 Å². The first-order chi connectivity index (χ1) is 11.8. The number of fused-ring (bicyclic) bond motifs is 1. The van der Waals surface area contributed by atoms with Crippen molar-refractivity contribution in [2.45, 2.75) is 32.2 Å². The van der Waals surface area contributed by atoms with Crippen LogP contribution in [0.1, 0.15) is 28.8 Å². The number of hydrogen-bond acceptors (Lipinski definition) is 5. The highest BCUT2D eigenvalue weighted by Gasteiger charge is 2.36. The van der Waals surface area contributed by atoms with E-state index in [-0.39, 0.29) is 35.8 Å². The molecule has 2 aromatic rings. The number of hydrogen-bond donors (Lipinski definition) is 1. The third-order valence-corrected chi connectivity index (χ3v) is 3.80. The molecule has 1 aliphatic heterocycles. The molecule has 1 amide bonds. The number of carbonyl (C=O) groups is 1. The molecule has 0 radical (unpaired) electrons. The third-order valence-electron chi connectivity index (χ3n) is 3.80. The van der Waals surface area contributed by atoms with Crippen LogP contribution in [0, 0.1) is 6.92 Å². The van der Waals surface area contributed by atoms with Gasteiger partial charge in [-0.05, 0) is 19.9 Å². The number of nitrogens with zero attached hydrogens (tertiary/aromatic N) is 3. The number of aromatic nitrogens is 3. The molecule has 25 heavy (non-hydrogen) atoms. The lowest BCUT2D eigenvalue weighted by atomic mass is 10.2. The van der Waals surface area contributed by atoms with Crippen molar-refractivity contribution in [1.82, 2.24) is 19.9 Å². The van der Waals surface area contributed by atoms with Crippen molar-refractivity contribution in [1.29, 1.82) is 0 Å². The van der Waals surface area contributed by atoms with Crippen molar-refractivity contribution in [3.05, 3.63) is 29.2 Å². The van der Waals surface area contributed by atoms with E-state index in [1.54, 1.807) is 0 Å². The summed E-state index contributed by atoms with van der Waals surface area (Å²) in [5.74, 6) is -0.600. The summed E-state index contributed by atoms with van der Waals surface area (Å²) in [7, 11) is 0. The second kappa shape index (κ2) is 6.60. The summed E-state index contributed by atoms with van der Waals surface area (Å²) in [4.78, 5) is 16.4. The van der Waals surface area contributed by atoms with Crippen molar-refractivity contribution in [3.63, 3.8) is 0 Å². The van der Waals surface area contributed by atoms with Gasteiger partial charge in [0.1, 0.15) is 11.8 Å². The quantitative estimate of drug-likeness (QED) is 0.898. The molecular formula is C15H17F3N4O3. The smallest absolute Gasteiger partial charge is 0.376 e. The van der Waals surface area contributed by atoms with Gasteiger partial charge in [0.25, 0.3) is 5.91 Å². The number of amides is 1. The van der Waals surface area contributed by atoms with Crippen molar-refractivity contribution >= 4 is 11.6 Å². The van der Waals surface area contributed by atoms with Gasteiger partial charge in [0, 0.05) is 18.4 Å². The summed E-state index contributed by atoms with van der Waals surface area (Å²) < 4.78 is 50.8. The average molecular weight is 358 g/mol. The molecule has 7 nitrogen and oxygen atoms in total.